The van der Waals surface area contributed by atoms with Gasteiger partial charge in [-0.15, -0.1) is 6.58 Å². The second-order valence-electron chi connectivity index (χ2n) is 6.72. The van der Waals surface area contributed by atoms with E-state index in [1.165, 1.54) is 0 Å². The lowest BCUT2D eigenvalue weighted by molar-refractivity contribution is 0.0491. The van der Waals surface area contributed by atoms with Gasteiger partial charge in [0.2, 0.25) is 0 Å². The predicted molar refractivity (Wildman–Crippen MR) is 105 cm³/mol. The fourth-order valence-corrected chi connectivity index (χ4v) is 6.70. The number of aliphatic hydroxyl groups is 1. The second-order valence-corrected chi connectivity index (χ2v) is 9.60. The van der Waals surface area contributed by atoms with E-state index in [2.05, 4.69) is 11.5 Å². The average Bonchev–Trinajstić information content (AvgIpc) is 2.65. The Bertz CT molecular complexity index is 689. The van der Waals surface area contributed by atoms with E-state index in [1.807, 2.05) is 66.7 Å². The van der Waals surface area contributed by atoms with Gasteiger partial charge in [0, 0.05) is 35.9 Å². The fraction of sp³-hybridized carbons (Fsp3) is 0.333. The molecule has 132 valence electrons. The van der Waals surface area contributed by atoms with Crippen LogP contribution in [0.3, 0.4) is 0 Å². The van der Waals surface area contributed by atoms with Crippen LogP contribution in [0.2, 0.25) is 0 Å². The van der Waals surface area contributed by atoms with Gasteiger partial charge in [0.25, 0.3) is 0 Å². The van der Waals surface area contributed by atoms with Crippen molar-refractivity contribution in [1.82, 2.24) is 4.90 Å². The first-order chi connectivity index (χ1) is 12.1. The number of benzene rings is 2. The molecule has 0 unspecified atom stereocenters. The van der Waals surface area contributed by atoms with E-state index >= 15 is 0 Å². The zero-order chi connectivity index (χ0) is 17.7. The third-order valence-electron chi connectivity index (χ3n) is 4.97. The van der Waals surface area contributed by atoms with Crippen molar-refractivity contribution in [1.29, 1.82) is 0 Å². The Morgan fingerprint density at radius 2 is 1.60 bits per heavy atom. The number of hydrogen-bond acceptors (Lipinski definition) is 3. The maximum absolute atomic E-state index is 14.2. The molecule has 2 aromatic rings. The predicted octanol–water partition coefficient (Wildman–Crippen LogP) is 3.01. The van der Waals surface area contributed by atoms with E-state index in [0.717, 1.165) is 23.5 Å². The van der Waals surface area contributed by atoms with E-state index in [4.69, 9.17) is 0 Å². The molecule has 1 fully saturated rings. The molecule has 0 bridgehead atoms. The van der Waals surface area contributed by atoms with Crippen molar-refractivity contribution in [2.75, 3.05) is 19.3 Å². The van der Waals surface area contributed by atoms with Gasteiger partial charge in [-0.2, -0.15) is 0 Å². The summed E-state index contributed by atoms with van der Waals surface area (Å²) in [4.78, 5) is 2.22. The molecule has 3 nitrogen and oxygen atoms in total. The molecule has 0 amide bonds. The van der Waals surface area contributed by atoms with Crippen LogP contribution in [0.5, 0.6) is 0 Å². The highest BCUT2D eigenvalue weighted by atomic mass is 31.2. The normalized spacial score (nSPS) is 21.8. The highest BCUT2D eigenvalue weighted by Gasteiger charge is 2.35. The average molecular weight is 355 g/mol. The van der Waals surface area contributed by atoms with E-state index in [9.17, 15) is 9.67 Å². The van der Waals surface area contributed by atoms with Gasteiger partial charge < -0.3 is 9.67 Å². The van der Waals surface area contributed by atoms with Crippen LogP contribution in [0.4, 0.5) is 0 Å². The van der Waals surface area contributed by atoms with Crippen molar-refractivity contribution in [2.24, 2.45) is 0 Å². The van der Waals surface area contributed by atoms with Crippen molar-refractivity contribution in [3.63, 3.8) is 0 Å². The van der Waals surface area contributed by atoms with E-state index in [0.29, 0.717) is 19.3 Å². The van der Waals surface area contributed by atoms with Gasteiger partial charge in [-0.1, -0.05) is 66.7 Å². The molecular formula is C21H26NO2P. The Kier molecular flexibility index (Phi) is 5.90. The first-order valence-corrected chi connectivity index (χ1v) is 10.8. The molecular weight excluding hydrogens is 329 g/mol. The van der Waals surface area contributed by atoms with Gasteiger partial charge in [-0.05, 0) is 12.8 Å². The van der Waals surface area contributed by atoms with Crippen molar-refractivity contribution >= 4 is 17.8 Å². The molecule has 3 rings (SSSR count). The molecule has 1 heterocycles. The van der Waals surface area contributed by atoms with Gasteiger partial charge in [-0.25, -0.2) is 0 Å². The Balaban J connectivity index is 1.95. The second kappa shape index (κ2) is 8.14. The van der Waals surface area contributed by atoms with E-state index < -0.39 is 7.14 Å². The largest absolute Gasteiger partial charge is 0.392 e. The molecule has 0 aliphatic carbocycles. The molecule has 0 saturated carbocycles. The number of β-amino-alcohol motifs (C(OH)–C–C–N with tert-alkyl or cyclic N) is 1. The summed E-state index contributed by atoms with van der Waals surface area (Å²) in [7, 11) is -2.73. The monoisotopic (exact) mass is 355 g/mol. The Morgan fingerprint density at radius 1 is 1.04 bits per heavy atom. The molecule has 4 heteroatoms. The van der Waals surface area contributed by atoms with Crippen molar-refractivity contribution in [3.8, 4) is 0 Å². The minimum absolute atomic E-state index is 0.188. The molecule has 0 aromatic heterocycles. The number of nitrogens with zero attached hydrogens (tertiary/aromatic N) is 1. The Labute approximate surface area is 150 Å². The highest BCUT2D eigenvalue weighted by Crippen LogP contribution is 2.45. The maximum atomic E-state index is 14.2. The van der Waals surface area contributed by atoms with Crippen LogP contribution < -0.4 is 10.6 Å². The Morgan fingerprint density at radius 3 is 2.12 bits per heavy atom. The topological polar surface area (TPSA) is 40.5 Å². The zero-order valence-electron chi connectivity index (χ0n) is 14.5. The van der Waals surface area contributed by atoms with Crippen LogP contribution in [0.1, 0.15) is 12.8 Å². The molecule has 25 heavy (non-hydrogen) atoms. The Hall–Kier alpha value is -1.67. The smallest absolute Gasteiger partial charge is 0.144 e. The summed E-state index contributed by atoms with van der Waals surface area (Å²) in [6, 6.07) is 19.8. The van der Waals surface area contributed by atoms with Gasteiger partial charge in [0.15, 0.2) is 0 Å². The lowest BCUT2D eigenvalue weighted by Crippen LogP contribution is -2.48. The third-order valence-corrected chi connectivity index (χ3v) is 8.17. The van der Waals surface area contributed by atoms with Gasteiger partial charge >= 0.3 is 0 Å². The van der Waals surface area contributed by atoms with Gasteiger partial charge in [0.05, 0.1) is 6.10 Å². The summed E-state index contributed by atoms with van der Waals surface area (Å²) in [5.74, 6) is 0. The lowest BCUT2D eigenvalue weighted by atomic mass is 10.0. The summed E-state index contributed by atoms with van der Waals surface area (Å²) in [5, 5.41) is 11.8. The summed E-state index contributed by atoms with van der Waals surface area (Å²) >= 11 is 0. The molecule has 1 aliphatic rings. The molecule has 1 aliphatic heterocycles. The summed E-state index contributed by atoms with van der Waals surface area (Å²) < 4.78 is 14.2. The zero-order valence-corrected chi connectivity index (χ0v) is 15.4. The summed E-state index contributed by atoms with van der Waals surface area (Å²) in [6.45, 7) is 5.17. The van der Waals surface area contributed by atoms with Gasteiger partial charge in [-0.3, -0.25) is 4.90 Å². The third kappa shape index (κ3) is 4.12. The number of likely N-dealkylation sites (tertiary alicyclic amines) is 1. The molecule has 1 N–H and O–H groups in total. The quantitative estimate of drug-likeness (QED) is 0.640. The van der Waals surface area contributed by atoms with Gasteiger partial charge in [0.1, 0.15) is 7.14 Å². The molecule has 2 atom stereocenters. The van der Waals surface area contributed by atoms with Crippen LogP contribution >= 0.6 is 7.14 Å². The van der Waals surface area contributed by atoms with Crippen molar-refractivity contribution < 1.29 is 9.67 Å². The van der Waals surface area contributed by atoms with Crippen LogP contribution in [0, 0.1) is 0 Å². The number of piperidine rings is 1. The van der Waals surface area contributed by atoms with Crippen LogP contribution in [-0.2, 0) is 4.57 Å². The van der Waals surface area contributed by atoms with Crippen LogP contribution in [0.25, 0.3) is 0 Å². The van der Waals surface area contributed by atoms with E-state index in [1.54, 1.807) is 0 Å². The summed E-state index contributed by atoms with van der Waals surface area (Å²) in [6.07, 6.45) is 3.78. The van der Waals surface area contributed by atoms with Crippen molar-refractivity contribution in [2.45, 2.75) is 25.0 Å². The standard InChI is InChI=1S/C21H26NO2P/c1-2-15-22-16-19(23)14-13-18(22)17-25(24,20-9-5-3-6-10-20)21-11-7-4-8-12-21/h2-12,18-19,23H,1,13-17H2/t18-,19-/m0/s1. The molecule has 1 saturated heterocycles. The first kappa shape index (κ1) is 18.1. The molecule has 0 radical (unpaired) electrons. The number of aliphatic hydroxyl groups excluding tert-OH is 1. The summed E-state index contributed by atoms with van der Waals surface area (Å²) in [5.41, 5.74) is 0. The minimum Gasteiger partial charge on any atom is -0.392 e. The van der Waals surface area contributed by atoms with Crippen LogP contribution in [-0.4, -0.2) is 41.4 Å². The first-order valence-electron chi connectivity index (χ1n) is 8.87. The minimum atomic E-state index is -2.73. The molecule has 0 spiro atoms. The molecule has 2 aromatic carbocycles. The number of hydrogen-bond donors (Lipinski definition) is 1. The fourth-order valence-electron chi connectivity index (χ4n) is 3.67. The van der Waals surface area contributed by atoms with Crippen LogP contribution in [0.15, 0.2) is 73.3 Å². The van der Waals surface area contributed by atoms with Crippen molar-refractivity contribution in [3.05, 3.63) is 73.3 Å². The lowest BCUT2D eigenvalue weighted by Gasteiger charge is -2.39. The SMILES string of the molecule is C=CCN1C[C@@H](O)CC[C@H]1CP(=O)(c1ccccc1)c1ccccc1. The maximum Gasteiger partial charge on any atom is 0.144 e. The highest BCUT2D eigenvalue weighted by molar-refractivity contribution is 7.78. The number of rotatable bonds is 6. The van der Waals surface area contributed by atoms with E-state index in [-0.39, 0.29) is 12.1 Å².